The molecule has 0 unspecified atom stereocenters. The minimum Gasteiger partial charge on any atom is -0.348 e. The number of alkyl halides is 3. The van der Waals surface area contributed by atoms with Gasteiger partial charge in [-0.3, -0.25) is 0 Å². The van der Waals surface area contributed by atoms with Crippen LogP contribution in [0.4, 0.5) is 23.4 Å². The first-order valence-corrected chi connectivity index (χ1v) is 7.83. The highest BCUT2D eigenvalue weighted by molar-refractivity contribution is 5.74. The van der Waals surface area contributed by atoms with Gasteiger partial charge in [0.1, 0.15) is 11.6 Å². The third kappa shape index (κ3) is 2.89. The van der Waals surface area contributed by atoms with E-state index in [1.165, 1.54) is 12.1 Å². The Balaban J connectivity index is 1.69. The molecule has 0 atom stereocenters. The molecule has 0 aliphatic carbocycles. The molecular weight excluding hydrogens is 350 g/mol. The van der Waals surface area contributed by atoms with Crippen LogP contribution in [0.25, 0.3) is 11.4 Å². The highest BCUT2D eigenvalue weighted by Gasteiger charge is 2.37. The van der Waals surface area contributed by atoms with Crippen LogP contribution in [0.2, 0.25) is 0 Å². The lowest BCUT2D eigenvalue weighted by atomic mass is 10.1. The van der Waals surface area contributed by atoms with Gasteiger partial charge in [-0.05, 0) is 30.2 Å². The quantitative estimate of drug-likeness (QED) is 0.654. The fourth-order valence-corrected chi connectivity index (χ4v) is 2.92. The van der Waals surface area contributed by atoms with Gasteiger partial charge in [0, 0.05) is 24.8 Å². The monoisotopic (exact) mass is 363 g/mol. The van der Waals surface area contributed by atoms with E-state index in [2.05, 4.69) is 15.1 Å². The van der Waals surface area contributed by atoms with Crippen molar-refractivity contribution in [2.24, 2.45) is 0 Å². The highest BCUT2D eigenvalue weighted by atomic mass is 19.4. The molecular formula is C17H13F4N5. The predicted molar refractivity (Wildman–Crippen MR) is 87.1 cm³/mol. The van der Waals surface area contributed by atoms with Crippen molar-refractivity contribution in [1.82, 2.24) is 19.6 Å². The Bertz CT molecular complexity index is 1000. The van der Waals surface area contributed by atoms with Crippen molar-refractivity contribution in [1.29, 1.82) is 0 Å². The molecule has 134 valence electrons. The van der Waals surface area contributed by atoms with E-state index in [4.69, 9.17) is 0 Å². The minimum absolute atomic E-state index is 0.0949. The number of aromatic nitrogens is 4. The molecule has 0 N–H and O–H groups in total. The zero-order chi connectivity index (χ0) is 18.5. The van der Waals surface area contributed by atoms with Crippen LogP contribution in [0.1, 0.15) is 17.1 Å². The molecule has 26 heavy (non-hydrogen) atoms. The topological polar surface area (TPSA) is 46.3 Å². The van der Waals surface area contributed by atoms with Gasteiger partial charge >= 0.3 is 6.18 Å². The average molecular weight is 363 g/mol. The van der Waals surface area contributed by atoms with Gasteiger partial charge in [0.05, 0.1) is 0 Å². The van der Waals surface area contributed by atoms with E-state index in [0.29, 0.717) is 24.6 Å². The first kappa shape index (κ1) is 16.5. The molecule has 0 fully saturated rings. The van der Waals surface area contributed by atoms with Gasteiger partial charge in [0.25, 0.3) is 11.6 Å². The van der Waals surface area contributed by atoms with Crippen LogP contribution in [0.15, 0.2) is 36.4 Å². The molecule has 0 saturated heterocycles. The number of benzene rings is 1. The van der Waals surface area contributed by atoms with E-state index >= 15 is 0 Å². The SMILES string of the molecule is Cc1cc(N2CC=C(c3ccc(F)cc3)C2)n2nc(C(F)(F)F)nc2n1. The van der Waals surface area contributed by atoms with Gasteiger partial charge in [0.15, 0.2) is 0 Å². The van der Waals surface area contributed by atoms with Gasteiger partial charge in [-0.25, -0.2) is 9.37 Å². The Hall–Kier alpha value is -2.97. The summed E-state index contributed by atoms with van der Waals surface area (Å²) < 4.78 is 53.0. The first-order valence-electron chi connectivity index (χ1n) is 7.83. The Labute approximate surface area is 145 Å². The third-order valence-electron chi connectivity index (χ3n) is 4.13. The molecule has 3 heterocycles. The highest BCUT2D eigenvalue weighted by Crippen LogP contribution is 2.30. The number of anilines is 1. The fraction of sp³-hybridized carbons (Fsp3) is 0.235. The molecule has 4 rings (SSSR count). The lowest BCUT2D eigenvalue weighted by Gasteiger charge is -2.19. The van der Waals surface area contributed by atoms with E-state index in [-0.39, 0.29) is 11.6 Å². The van der Waals surface area contributed by atoms with E-state index in [0.717, 1.165) is 15.7 Å². The summed E-state index contributed by atoms with van der Waals surface area (Å²) in [6.45, 7) is 2.65. The van der Waals surface area contributed by atoms with E-state index < -0.39 is 12.0 Å². The van der Waals surface area contributed by atoms with E-state index in [9.17, 15) is 17.6 Å². The first-order chi connectivity index (χ1) is 12.3. The van der Waals surface area contributed by atoms with Crippen molar-refractivity contribution in [2.75, 3.05) is 18.0 Å². The molecule has 5 nitrogen and oxygen atoms in total. The van der Waals surface area contributed by atoms with Gasteiger partial charge in [-0.2, -0.15) is 22.7 Å². The lowest BCUT2D eigenvalue weighted by molar-refractivity contribution is -0.144. The predicted octanol–water partition coefficient (Wildman–Crippen LogP) is 3.49. The van der Waals surface area contributed by atoms with Crippen LogP contribution in [0.3, 0.4) is 0 Å². The molecule has 0 bridgehead atoms. The Morgan fingerprint density at radius 2 is 1.81 bits per heavy atom. The molecule has 1 aromatic carbocycles. The van der Waals surface area contributed by atoms with Crippen molar-refractivity contribution in [3.05, 3.63) is 59.3 Å². The maximum absolute atomic E-state index is 13.1. The van der Waals surface area contributed by atoms with E-state index in [1.54, 1.807) is 25.1 Å². The van der Waals surface area contributed by atoms with Gasteiger partial charge < -0.3 is 4.90 Å². The standard InChI is InChI=1S/C17H13F4N5/c1-10-8-14(26-16(22-10)23-15(24-26)17(19,20)21)25-7-6-12(9-25)11-2-4-13(18)5-3-11/h2-6,8H,7,9H2,1H3. The van der Waals surface area contributed by atoms with Gasteiger partial charge in [0.2, 0.25) is 0 Å². The number of rotatable bonds is 2. The summed E-state index contributed by atoms with van der Waals surface area (Å²) in [5.41, 5.74) is 2.37. The second-order valence-corrected chi connectivity index (χ2v) is 6.02. The molecule has 0 amide bonds. The maximum Gasteiger partial charge on any atom is 0.453 e. The average Bonchev–Trinajstić information content (AvgIpc) is 3.21. The van der Waals surface area contributed by atoms with Crippen LogP contribution in [-0.4, -0.2) is 32.7 Å². The van der Waals surface area contributed by atoms with Crippen LogP contribution in [0.5, 0.6) is 0 Å². The van der Waals surface area contributed by atoms with E-state index in [1.807, 2.05) is 11.0 Å². The van der Waals surface area contributed by atoms with Gasteiger partial charge in [-0.1, -0.05) is 18.2 Å². The van der Waals surface area contributed by atoms with Crippen LogP contribution >= 0.6 is 0 Å². The Morgan fingerprint density at radius 1 is 1.08 bits per heavy atom. The molecule has 9 heteroatoms. The Kier molecular flexibility index (Phi) is 3.67. The summed E-state index contributed by atoms with van der Waals surface area (Å²) in [5, 5.41) is 3.58. The summed E-state index contributed by atoms with van der Waals surface area (Å²) >= 11 is 0. The molecule has 0 spiro atoms. The van der Waals surface area contributed by atoms with Crippen LogP contribution in [0, 0.1) is 12.7 Å². The molecule has 0 saturated carbocycles. The van der Waals surface area contributed by atoms with Crippen molar-refractivity contribution in [2.45, 2.75) is 13.1 Å². The largest absolute Gasteiger partial charge is 0.453 e. The third-order valence-corrected chi connectivity index (χ3v) is 4.13. The summed E-state index contributed by atoms with van der Waals surface area (Å²) in [6, 6.07) is 7.77. The Morgan fingerprint density at radius 3 is 2.50 bits per heavy atom. The zero-order valence-corrected chi connectivity index (χ0v) is 13.6. The summed E-state index contributed by atoms with van der Waals surface area (Å²) in [7, 11) is 0. The zero-order valence-electron chi connectivity index (χ0n) is 13.6. The number of halogens is 4. The number of hydrogen-bond acceptors (Lipinski definition) is 4. The van der Waals surface area contributed by atoms with Crippen molar-refractivity contribution in [3.63, 3.8) is 0 Å². The van der Waals surface area contributed by atoms with Crippen LogP contribution < -0.4 is 4.90 Å². The van der Waals surface area contributed by atoms with Crippen molar-refractivity contribution in [3.8, 4) is 0 Å². The molecule has 0 radical (unpaired) electrons. The summed E-state index contributed by atoms with van der Waals surface area (Å²) in [4.78, 5) is 9.40. The summed E-state index contributed by atoms with van der Waals surface area (Å²) in [5.74, 6) is -1.16. The second-order valence-electron chi connectivity index (χ2n) is 6.02. The molecule has 1 aliphatic rings. The second kappa shape index (κ2) is 5.79. The van der Waals surface area contributed by atoms with Crippen molar-refractivity contribution >= 4 is 17.2 Å². The minimum atomic E-state index is -4.64. The maximum atomic E-state index is 13.1. The normalized spacial score (nSPS) is 15.0. The molecule has 2 aromatic heterocycles. The number of nitrogens with zero attached hydrogens (tertiary/aromatic N) is 5. The number of aryl methyl sites for hydroxylation is 1. The number of fused-ring (bicyclic) bond motifs is 1. The van der Waals surface area contributed by atoms with Crippen LogP contribution in [-0.2, 0) is 6.18 Å². The van der Waals surface area contributed by atoms with Gasteiger partial charge in [-0.15, -0.1) is 5.10 Å². The lowest BCUT2D eigenvalue weighted by Crippen LogP contribution is -2.23. The molecule has 1 aliphatic heterocycles. The fourth-order valence-electron chi connectivity index (χ4n) is 2.92. The number of hydrogen-bond donors (Lipinski definition) is 0. The molecule has 3 aromatic rings. The smallest absolute Gasteiger partial charge is 0.348 e. The van der Waals surface area contributed by atoms with Crippen molar-refractivity contribution < 1.29 is 17.6 Å². The summed E-state index contributed by atoms with van der Waals surface area (Å²) in [6.07, 6.45) is -2.68.